The zero-order valence-corrected chi connectivity index (χ0v) is 17.6. The Morgan fingerprint density at radius 2 is 1.79 bits per heavy atom. The summed E-state index contributed by atoms with van der Waals surface area (Å²) < 4.78 is 0. The maximum Gasteiger partial charge on any atom is 0.291 e. The maximum absolute atomic E-state index is 12.2. The lowest BCUT2D eigenvalue weighted by atomic mass is 10.3. The average Bonchev–Trinajstić information content (AvgIpc) is 3.02. The lowest BCUT2D eigenvalue weighted by molar-refractivity contribution is 0.0950. The van der Waals surface area contributed by atoms with Crippen molar-refractivity contribution in [1.82, 2.24) is 15.4 Å². The van der Waals surface area contributed by atoms with Crippen LogP contribution >= 0.6 is 57.7 Å². The highest BCUT2D eigenvalue weighted by molar-refractivity contribution is 7.17. The summed E-state index contributed by atoms with van der Waals surface area (Å²) in [6, 6.07) is 9.48. The highest BCUT2D eigenvalue weighted by atomic mass is 35.5. The van der Waals surface area contributed by atoms with Crippen LogP contribution in [0.4, 0.5) is 16.5 Å². The first kappa shape index (κ1) is 20.6. The van der Waals surface area contributed by atoms with Gasteiger partial charge in [-0.1, -0.05) is 75.9 Å². The van der Waals surface area contributed by atoms with Gasteiger partial charge in [0, 0.05) is 5.69 Å². The third kappa shape index (κ3) is 4.65. The van der Waals surface area contributed by atoms with Crippen molar-refractivity contribution in [2.24, 2.45) is 5.10 Å². The summed E-state index contributed by atoms with van der Waals surface area (Å²) in [5.74, 6) is -0.713. The van der Waals surface area contributed by atoms with E-state index < -0.39 is 5.91 Å². The second-order valence-electron chi connectivity index (χ2n) is 5.16. The third-order valence-electron chi connectivity index (χ3n) is 3.27. The van der Waals surface area contributed by atoms with E-state index in [1.54, 1.807) is 0 Å². The fraction of sp³-hybridized carbons (Fsp3) is 0. The lowest BCUT2D eigenvalue weighted by Crippen LogP contribution is -2.20. The van der Waals surface area contributed by atoms with Crippen LogP contribution in [0.1, 0.15) is 15.4 Å². The summed E-state index contributed by atoms with van der Waals surface area (Å²) in [6.45, 7) is 0. The maximum atomic E-state index is 12.2. The van der Waals surface area contributed by atoms with Crippen LogP contribution in [0, 0.1) is 0 Å². The highest BCUT2D eigenvalue weighted by Crippen LogP contribution is 2.34. The standard InChI is InChI=1S/C16H10Cl4N6OS/c17-9-11(21)10(18)14(20)24-12(9)15(27)26-22-6-8-13(19)25-16(28-8)23-7-4-2-1-3-5-7/h1-6H,(H2,21,24)(H,23,25)(H,26,27)/b22-6+. The number of nitrogens with two attached hydrogens (primary N) is 1. The van der Waals surface area contributed by atoms with E-state index in [0.29, 0.717) is 10.0 Å². The number of amides is 1. The molecule has 7 nitrogen and oxygen atoms in total. The molecule has 144 valence electrons. The van der Waals surface area contributed by atoms with Crippen LogP contribution < -0.4 is 16.5 Å². The molecule has 2 heterocycles. The summed E-state index contributed by atoms with van der Waals surface area (Å²) in [5.41, 5.74) is 8.58. The number of nitrogen functional groups attached to an aromatic ring is 1. The number of rotatable bonds is 5. The van der Waals surface area contributed by atoms with E-state index in [4.69, 9.17) is 52.1 Å². The van der Waals surface area contributed by atoms with Crippen LogP contribution in [-0.2, 0) is 0 Å². The van der Waals surface area contributed by atoms with E-state index in [0.717, 1.165) is 5.69 Å². The minimum Gasteiger partial charge on any atom is -0.396 e. The molecule has 0 radical (unpaired) electrons. The smallest absolute Gasteiger partial charge is 0.291 e. The fourth-order valence-electron chi connectivity index (χ4n) is 1.98. The molecule has 3 aromatic rings. The molecule has 12 heteroatoms. The molecule has 0 aliphatic carbocycles. The number of anilines is 3. The van der Waals surface area contributed by atoms with Crippen molar-refractivity contribution in [2.45, 2.75) is 0 Å². The number of thiazole rings is 1. The topological polar surface area (TPSA) is 105 Å². The predicted molar refractivity (Wildman–Crippen MR) is 116 cm³/mol. The van der Waals surface area contributed by atoms with Crippen molar-refractivity contribution in [2.75, 3.05) is 11.1 Å². The molecule has 0 bridgehead atoms. The average molecular weight is 476 g/mol. The number of halogens is 4. The Kier molecular flexibility index (Phi) is 6.58. The van der Waals surface area contributed by atoms with Gasteiger partial charge >= 0.3 is 0 Å². The van der Waals surface area contributed by atoms with Crippen LogP contribution in [0.2, 0.25) is 20.4 Å². The number of aromatic nitrogens is 2. The van der Waals surface area contributed by atoms with Crippen molar-refractivity contribution in [3.63, 3.8) is 0 Å². The van der Waals surface area contributed by atoms with Crippen molar-refractivity contribution >= 4 is 86.4 Å². The largest absolute Gasteiger partial charge is 0.396 e. The van der Waals surface area contributed by atoms with Crippen LogP contribution in [0.3, 0.4) is 0 Å². The molecule has 0 aliphatic rings. The molecule has 28 heavy (non-hydrogen) atoms. The molecule has 0 saturated heterocycles. The van der Waals surface area contributed by atoms with Crippen LogP contribution in [-0.4, -0.2) is 22.1 Å². The highest BCUT2D eigenvalue weighted by Gasteiger charge is 2.19. The predicted octanol–water partition coefficient (Wildman–Crippen LogP) is 5.24. The SMILES string of the molecule is Nc1c(Cl)c(Cl)nc(C(=O)N/N=C/c2sc(Nc3ccccc3)nc2Cl)c1Cl. The Labute approximate surface area is 183 Å². The molecular formula is C16H10Cl4N6OS. The van der Waals surface area contributed by atoms with Crippen molar-refractivity contribution in [3.05, 3.63) is 61.3 Å². The number of nitrogens with one attached hydrogen (secondary N) is 2. The first-order valence-corrected chi connectivity index (χ1v) is 9.81. The first-order valence-electron chi connectivity index (χ1n) is 7.48. The Hall–Kier alpha value is -2.10. The summed E-state index contributed by atoms with van der Waals surface area (Å²) >= 11 is 25.0. The first-order chi connectivity index (χ1) is 13.4. The number of benzene rings is 1. The summed E-state index contributed by atoms with van der Waals surface area (Å²) in [5, 5.41) is 7.49. The summed E-state index contributed by atoms with van der Waals surface area (Å²) in [4.78, 5) is 20.8. The molecular weight excluding hydrogens is 466 g/mol. The summed E-state index contributed by atoms with van der Waals surface area (Å²) in [7, 11) is 0. The van der Waals surface area contributed by atoms with Crippen molar-refractivity contribution < 1.29 is 4.79 Å². The number of hydrogen-bond donors (Lipinski definition) is 3. The third-order valence-corrected chi connectivity index (χ3v) is 5.71. The molecule has 0 saturated carbocycles. The van der Waals surface area contributed by atoms with Gasteiger partial charge in [0.05, 0.1) is 21.8 Å². The zero-order chi connectivity index (χ0) is 20.3. The number of nitrogens with zero attached hydrogens (tertiary/aromatic N) is 3. The molecule has 4 N–H and O–H groups in total. The van der Waals surface area contributed by atoms with E-state index in [-0.39, 0.29) is 31.7 Å². The Bertz CT molecular complexity index is 1060. The van der Waals surface area contributed by atoms with Crippen molar-refractivity contribution in [3.8, 4) is 0 Å². The molecule has 0 aliphatic heterocycles. The normalized spacial score (nSPS) is 11.0. The van der Waals surface area contributed by atoms with Gasteiger partial charge in [-0.25, -0.2) is 15.4 Å². The van der Waals surface area contributed by atoms with Crippen LogP contribution in [0.5, 0.6) is 0 Å². The van der Waals surface area contributed by atoms with Gasteiger partial charge in [-0.2, -0.15) is 5.10 Å². The zero-order valence-electron chi connectivity index (χ0n) is 13.7. The van der Waals surface area contributed by atoms with E-state index in [2.05, 4.69) is 25.8 Å². The van der Waals surface area contributed by atoms with Gasteiger partial charge in [-0.15, -0.1) is 0 Å². The number of para-hydroxylation sites is 1. The molecule has 2 aromatic heterocycles. The van der Waals surface area contributed by atoms with Gasteiger partial charge in [0.25, 0.3) is 5.91 Å². The van der Waals surface area contributed by atoms with Gasteiger partial charge in [-0.3, -0.25) is 4.79 Å². The molecule has 3 rings (SSSR count). The summed E-state index contributed by atoms with van der Waals surface area (Å²) in [6.07, 6.45) is 1.35. The number of hydrogen-bond acceptors (Lipinski definition) is 7. The second-order valence-corrected chi connectivity index (χ2v) is 7.66. The molecule has 0 unspecified atom stereocenters. The second kappa shape index (κ2) is 8.93. The van der Waals surface area contributed by atoms with Crippen LogP contribution in [0.25, 0.3) is 0 Å². The Morgan fingerprint density at radius 3 is 2.50 bits per heavy atom. The van der Waals surface area contributed by atoms with Gasteiger partial charge in [0.2, 0.25) is 0 Å². The van der Waals surface area contributed by atoms with E-state index >= 15 is 0 Å². The fourth-order valence-corrected chi connectivity index (χ4v) is 3.62. The molecule has 1 aromatic carbocycles. The number of carbonyl (C=O) groups is 1. The van der Waals surface area contributed by atoms with Crippen molar-refractivity contribution in [1.29, 1.82) is 0 Å². The number of carbonyl (C=O) groups excluding carboxylic acids is 1. The molecule has 0 atom stereocenters. The monoisotopic (exact) mass is 474 g/mol. The molecule has 0 spiro atoms. The number of hydrazone groups is 1. The quantitative estimate of drug-likeness (QED) is 0.265. The van der Waals surface area contributed by atoms with E-state index in [9.17, 15) is 4.79 Å². The van der Waals surface area contributed by atoms with Gasteiger partial charge in [0.15, 0.2) is 21.1 Å². The van der Waals surface area contributed by atoms with E-state index in [1.165, 1.54) is 17.6 Å². The van der Waals surface area contributed by atoms with Gasteiger partial charge in [-0.05, 0) is 12.1 Å². The molecule has 1 amide bonds. The lowest BCUT2D eigenvalue weighted by Gasteiger charge is -2.07. The minimum absolute atomic E-state index is 0.0263. The van der Waals surface area contributed by atoms with Gasteiger partial charge < -0.3 is 11.1 Å². The van der Waals surface area contributed by atoms with Crippen LogP contribution in [0.15, 0.2) is 35.4 Å². The molecule has 0 fully saturated rings. The minimum atomic E-state index is -0.713. The Morgan fingerprint density at radius 1 is 1.07 bits per heavy atom. The van der Waals surface area contributed by atoms with E-state index in [1.807, 2.05) is 30.3 Å². The Balaban J connectivity index is 1.71. The van der Waals surface area contributed by atoms with Gasteiger partial charge in [0.1, 0.15) is 5.02 Å². The number of pyridine rings is 1.